The summed E-state index contributed by atoms with van der Waals surface area (Å²) in [5.41, 5.74) is 1.50. The van der Waals surface area contributed by atoms with Crippen LogP contribution in [0.2, 0.25) is 0 Å². The van der Waals surface area contributed by atoms with Gasteiger partial charge in [0.25, 0.3) is 5.69 Å². The van der Waals surface area contributed by atoms with Gasteiger partial charge in [0, 0.05) is 44.8 Å². The molecule has 3 aromatic rings. The number of rotatable bonds is 3. The number of thiophene rings is 1. The van der Waals surface area contributed by atoms with Gasteiger partial charge in [0.15, 0.2) is 0 Å². The molecule has 1 aromatic heterocycles. The molecule has 0 unspecified atom stereocenters. The van der Waals surface area contributed by atoms with Crippen LogP contribution in [0.5, 0.6) is 0 Å². The molecule has 7 heteroatoms. The molecule has 0 saturated carbocycles. The van der Waals surface area contributed by atoms with Crippen LogP contribution in [0.25, 0.3) is 20.2 Å². The molecule has 116 valence electrons. The number of hydrogen-bond donors (Lipinski definition) is 0. The molecular formula is C16H12N2O4S. The van der Waals surface area contributed by atoms with Gasteiger partial charge in [-0.3, -0.25) is 10.1 Å². The van der Waals surface area contributed by atoms with Crippen LogP contribution < -0.4 is 0 Å². The molecule has 0 aliphatic rings. The van der Waals surface area contributed by atoms with E-state index in [4.69, 9.17) is 0 Å². The summed E-state index contributed by atoms with van der Waals surface area (Å²) in [6.45, 7) is 3.04. The Balaban J connectivity index is 2.09. The van der Waals surface area contributed by atoms with Crippen molar-refractivity contribution in [1.29, 1.82) is 0 Å². The lowest BCUT2D eigenvalue weighted by Gasteiger charge is -2.00. The van der Waals surface area contributed by atoms with E-state index in [-0.39, 0.29) is 5.69 Å². The number of carbonyl (C=O) groups is 1. The molecule has 0 aliphatic heterocycles. The van der Waals surface area contributed by atoms with Crippen LogP contribution in [0.15, 0.2) is 41.6 Å². The number of nitro groups is 1. The predicted octanol–water partition coefficient (Wildman–Crippen LogP) is 4.25. The van der Waals surface area contributed by atoms with E-state index >= 15 is 0 Å². The molecule has 23 heavy (non-hydrogen) atoms. The third kappa shape index (κ3) is 2.91. The lowest BCUT2D eigenvalue weighted by atomic mass is 10.1. The first-order valence-electron chi connectivity index (χ1n) is 6.79. The SMILES string of the molecule is CC(=O)ON=C(C)c1ccc2c(c1)sc1cc([N+](=O)[O-])ccc12. The van der Waals surface area contributed by atoms with Crippen LogP contribution >= 0.6 is 11.3 Å². The Kier molecular flexibility index (Phi) is 3.79. The molecule has 0 radical (unpaired) electrons. The largest absolute Gasteiger partial charge is 0.331 e. The van der Waals surface area contributed by atoms with Crippen molar-refractivity contribution >= 4 is 48.9 Å². The van der Waals surface area contributed by atoms with Crippen LogP contribution in [0.3, 0.4) is 0 Å². The van der Waals surface area contributed by atoms with Gasteiger partial charge in [-0.05, 0) is 19.1 Å². The highest BCUT2D eigenvalue weighted by Gasteiger charge is 2.11. The maximum Gasteiger partial charge on any atom is 0.331 e. The summed E-state index contributed by atoms with van der Waals surface area (Å²) in [5, 5.41) is 16.7. The van der Waals surface area contributed by atoms with Gasteiger partial charge in [-0.1, -0.05) is 17.3 Å². The van der Waals surface area contributed by atoms with E-state index in [1.54, 1.807) is 19.1 Å². The van der Waals surface area contributed by atoms with E-state index in [1.165, 1.54) is 24.3 Å². The maximum atomic E-state index is 10.9. The number of hydrogen-bond acceptors (Lipinski definition) is 6. The number of nitro benzene ring substituents is 1. The Morgan fingerprint density at radius 1 is 1.13 bits per heavy atom. The number of fused-ring (bicyclic) bond motifs is 3. The van der Waals surface area contributed by atoms with E-state index in [1.807, 2.05) is 18.2 Å². The zero-order valence-corrected chi connectivity index (χ0v) is 13.2. The average Bonchev–Trinajstić information content (AvgIpc) is 2.88. The lowest BCUT2D eigenvalue weighted by Crippen LogP contribution is -1.99. The summed E-state index contributed by atoms with van der Waals surface area (Å²) in [6, 6.07) is 10.6. The minimum Gasteiger partial charge on any atom is -0.318 e. The third-order valence-electron chi connectivity index (χ3n) is 3.40. The molecule has 0 saturated heterocycles. The van der Waals surface area contributed by atoms with E-state index in [2.05, 4.69) is 9.99 Å². The summed E-state index contributed by atoms with van der Waals surface area (Å²) in [4.78, 5) is 25.9. The smallest absolute Gasteiger partial charge is 0.318 e. The minimum atomic E-state index is -0.473. The van der Waals surface area contributed by atoms with Crippen molar-refractivity contribution in [3.63, 3.8) is 0 Å². The highest BCUT2D eigenvalue weighted by Crippen LogP contribution is 2.36. The summed E-state index contributed by atoms with van der Waals surface area (Å²) in [7, 11) is 0. The number of carbonyl (C=O) groups excluding carboxylic acids is 1. The summed E-state index contributed by atoms with van der Waals surface area (Å²) in [5.74, 6) is -0.473. The van der Waals surface area contributed by atoms with E-state index in [9.17, 15) is 14.9 Å². The fraction of sp³-hybridized carbons (Fsp3) is 0.125. The topological polar surface area (TPSA) is 81.8 Å². The summed E-state index contributed by atoms with van der Waals surface area (Å²) < 4.78 is 1.86. The minimum absolute atomic E-state index is 0.0804. The molecule has 0 amide bonds. The summed E-state index contributed by atoms with van der Waals surface area (Å²) >= 11 is 1.48. The number of nitrogens with zero attached hydrogens (tertiary/aromatic N) is 2. The Bertz CT molecular complexity index is 975. The quantitative estimate of drug-likeness (QED) is 0.311. The highest BCUT2D eigenvalue weighted by atomic mass is 32.1. The lowest BCUT2D eigenvalue weighted by molar-refractivity contribution is -0.384. The zero-order valence-electron chi connectivity index (χ0n) is 12.4. The van der Waals surface area contributed by atoms with Gasteiger partial charge in [-0.2, -0.15) is 0 Å². The fourth-order valence-corrected chi connectivity index (χ4v) is 3.47. The molecule has 1 heterocycles. The molecule has 0 N–H and O–H groups in total. The van der Waals surface area contributed by atoms with Gasteiger partial charge in [0.05, 0.1) is 10.6 Å². The Hall–Kier alpha value is -2.80. The molecule has 0 atom stereocenters. The van der Waals surface area contributed by atoms with Gasteiger partial charge in [0.1, 0.15) is 0 Å². The third-order valence-corrected chi connectivity index (χ3v) is 4.51. The van der Waals surface area contributed by atoms with Crippen LogP contribution in [-0.2, 0) is 9.63 Å². The first kappa shape index (κ1) is 15.1. The van der Waals surface area contributed by atoms with Crippen LogP contribution in [0.4, 0.5) is 5.69 Å². The van der Waals surface area contributed by atoms with Crippen molar-refractivity contribution < 1.29 is 14.6 Å². The zero-order chi connectivity index (χ0) is 16.6. The van der Waals surface area contributed by atoms with Crippen molar-refractivity contribution in [2.75, 3.05) is 0 Å². The molecule has 0 bridgehead atoms. The second-order valence-electron chi connectivity index (χ2n) is 5.01. The second-order valence-corrected chi connectivity index (χ2v) is 6.09. The molecule has 0 spiro atoms. The maximum absolute atomic E-state index is 10.9. The van der Waals surface area contributed by atoms with Crippen molar-refractivity contribution in [3.8, 4) is 0 Å². The van der Waals surface area contributed by atoms with Crippen LogP contribution in [0.1, 0.15) is 19.4 Å². The van der Waals surface area contributed by atoms with Crippen molar-refractivity contribution in [3.05, 3.63) is 52.1 Å². The normalized spacial score (nSPS) is 11.8. The molecular weight excluding hydrogens is 316 g/mol. The Morgan fingerprint density at radius 2 is 1.78 bits per heavy atom. The molecule has 6 nitrogen and oxygen atoms in total. The van der Waals surface area contributed by atoms with Crippen molar-refractivity contribution in [1.82, 2.24) is 0 Å². The summed E-state index contributed by atoms with van der Waals surface area (Å²) in [6.07, 6.45) is 0. The number of oxime groups is 1. The van der Waals surface area contributed by atoms with Crippen LogP contribution in [-0.4, -0.2) is 16.6 Å². The number of benzene rings is 2. The van der Waals surface area contributed by atoms with Gasteiger partial charge < -0.3 is 4.84 Å². The standard InChI is InChI=1S/C16H12N2O4S/c1-9(17-22-10(2)19)11-3-5-13-14-6-4-12(18(20)21)8-16(14)23-15(13)7-11/h3-8H,1-2H3. The first-order chi connectivity index (χ1) is 11.0. The van der Waals surface area contributed by atoms with E-state index < -0.39 is 10.9 Å². The van der Waals surface area contributed by atoms with Crippen LogP contribution in [0, 0.1) is 10.1 Å². The van der Waals surface area contributed by atoms with Gasteiger partial charge >= 0.3 is 5.97 Å². The molecule has 0 fully saturated rings. The van der Waals surface area contributed by atoms with Gasteiger partial charge in [-0.25, -0.2) is 4.79 Å². The highest BCUT2D eigenvalue weighted by molar-refractivity contribution is 7.25. The monoisotopic (exact) mass is 328 g/mol. The fourth-order valence-electron chi connectivity index (χ4n) is 2.29. The van der Waals surface area contributed by atoms with Gasteiger partial charge in [0.2, 0.25) is 0 Å². The van der Waals surface area contributed by atoms with Crippen molar-refractivity contribution in [2.45, 2.75) is 13.8 Å². The average molecular weight is 328 g/mol. The van der Waals surface area contributed by atoms with E-state index in [0.29, 0.717) is 5.71 Å². The molecule has 3 rings (SSSR count). The first-order valence-corrected chi connectivity index (χ1v) is 7.60. The Morgan fingerprint density at radius 3 is 2.43 bits per heavy atom. The number of non-ortho nitro benzene ring substituents is 1. The van der Waals surface area contributed by atoms with E-state index in [0.717, 1.165) is 25.7 Å². The predicted molar refractivity (Wildman–Crippen MR) is 90.0 cm³/mol. The van der Waals surface area contributed by atoms with Gasteiger partial charge in [-0.15, -0.1) is 11.3 Å². The molecule has 0 aliphatic carbocycles. The van der Waals surface area contributed by atoms with Crippen molar-refractivity contribution in [2.24, 2.45) is 5.16 Å². The Labute approximate surface area is 135 Å². The molecule has 2 aromatic carbocycles. The second kappa shape index (κ2) is 5.77.